The summed E-state index contributed by atoms with van der Waals surface area (Å²) < 4.78 is 5.19. The van der Waals surface area contributed by atoms with Gasteiger partial charge in [-0.3, -0.25) is 0 Å². The molecule has 1 aliphatic rings. The third kappa shape index (κ3) is 3.37. The fraction of sp³-hybridized carbons (Fsp3) is 0.571. The van der Waals surface area contributed by atoms with E-state index in [1.165, 1.54) is 18.4 Å². The van der Waals surface area contributed by atoms with Crippen molar-refractivity contribution in [3.63, 3.8) is 0 Å². The Morgan fingerprint density at radius 2 is 2.17 bits per heavy atom. The zero-order chi connectivity index (χ0) is 13.1. The van der Waals surface area contributed by atoms with Crippen molar-refractivity contribution in [1.29, 1.82) is 0 Å². The number of methoxy groups -OCH3 is 1. The molecule has 3 nitrogen and oxygen atoms in total. The number of hydrogen-bond donors (Lipinski definition) is 1. The molecule has 0 heterocycles. The Labute approximate surface area is 114 Å². The lowest BCUT2D eigenvalue weighted by Gasteiger charge is -2.25. The van der Waals surface area contributed by atoms with Crippen LogP contribution in [0.4, 0.5) is 0 Å². The van der Waals surface area contributed by atoms with E-state index in [-0.39, 0.29) is 0 Å². The van der Waals surface area contributed by atoms with Gasteiger partial charge in [-0.1, -0.05) is 17.7 Å². The van der Waals surface area contributed by atoms with Gasteiger partial charge in [0.25, 0.3) is 0 Å². The molecule has 100 valence electrons. The molecule has 2 rings (SSSR count). The summed E-state index contributed by atoms with van der Waals surface area (Å²) in [4.78, 5) is 2.22. The van der Waals surface area contributed by atoms with E-state index < -0.39 is 0 Å². The quantitative estimate of drug-likeness (QED) is 0.859. The molecule has 1 aromatic carbocycles. The highest BCUT2D eigenvalue weighted by molar-refractivity contribution is 6.32. The Balaban J connectivity index is 2.10. The van der Waals surface area contributed by atoms with Crippen LogP contribution < -0.4 is 10.1 Å². The van der Waals surface area contributed by atoms with Crippen LogP contribution in [0, 0.1) is 0 Å². The van der Waals surface area contributed by atoms with Gasteiger partial charge in [0.2, 0.25) is 0 Å². The highest BCUT2D eigenvalue weighted by Gasteiger charge is 2.23. The molecule has 1 atom stereocenters. The van der Waals surface area contributed by atoms with Crippen LogP contribution in [0.2, 0.25) is 5.02 Å². The minimum atomic E-state index is 0.342. The molecule has 1 saturated carbocycles. The van der Waals surface area contributed by atoms with Crippen molar-refractivity contribution < 1.29 is 4.74 Å². The molecule has 0 radical (unpaired) electrons. The topological polar surface area (TPSA) is 24.5 Å². The second kappa shape index (κ2) is 5.91. The first-order valence-electron chi connectivity index (χ1n) is 6.35. The third-order valence-electron chi connectivity index (χ3n) is 3.36. The van der Waals surface area contributed by atoms with Gasteiger partial charge in [-0.05, 0) is 44.6 Å². The van der Waals surface area contributed by atoms with Crippen molar-refractivity contribution in [3.8, 4) is 5.75 Å². The highest BCUT2D eigenvalue weighted by Crippen LogP contribution is 2.29. The van der Waals surface area contributed by atoms with Crippen molar-refractivity contribution in [2.45, 2.75) is 24.9 Å². The third-order valence-corrected chi connectivity index (χ3v) is 3.66. The molecule has 0 saturated heterocycles. The summed E-state index contributed by atoms with van der Waals surface area (Å²) in [5.41, 5.74) is 1.22. The van der Waals surface area contributed by atoms with Gasteiger partial charge in [-0.15, -0.1) is 0 Å². The summed E-state index contributed by atoms with van der Waals surface area (Å²) in [5, 5.41) is 4.24. The Bertz CT molecular complexity index is 405. The lowest BCUT2D eigenvalue weighted by Crippen LogP contribution is -2.32. The predicted octanol–water partition coefficient (Wildman–Crippen LogP) is 2.70. The standard InChI is InChI=1S/C14H21ClN2O/c1-17(2)13(9-16-11-5-6-11)10-4-7-14(18-3)12(15)8-10/h4,7-8,11,13,16H,5-6,9H2,1-3H3. The molecular formula is C14H21ClN2O. The van der Waals surface area contributed by atoms with E-state index in [0.717, 1.165) is 18.3 Å². The normalized spacial score (nSPS) is 16.9. The van der Waals surface area contributed by atoms with Gasteiger partial charge in [0.15, 0.2) is 0 Å². The summed E-state index contributed by atoms with van der Waals surface area (Å²) in [6.07, 6.45) is 2.62. The van der Waals surface area contributed by atoms with E-state index in [0.29, 0.717) is 11.1 Å². The molecule has 0 spiro atoms. The molecule has 0 aliphatic heterocycles. The molecule has 0 amide bonds. The minimum Gasteiger partial charge on any atom is -0.495 e. The van der Waals surface area contributed by atoms with Crippen molar-refractivity contribution in [1.82, 2.24) is 10.2 Å². The molecule has 1 fully saturated rings. The van der Waals surface area contributed by atoms with Crippen LogP contribution >= 0.6 is 11.6 Å². The van der Waals surface area contributed by atoms with Gasteiger partial charge >= 0.3 is 0 Å². The number of hydrogen-bond acceptors (Lipinski definition) is 3. The number of likely N-dealkylation sites (N-methyl/N-ethyl adjacent to an activating group) is 1. The SMILES string of the molecule is COc1ccc(C(CNC2CC2)N(C)C)cc1Cl. The monoisotopic (exact) mass is 268 g/mol. The number of rotatable bonds is 6. The smallest absolute Gasteiger partial charge is 0.137 e. The minimum absolute atomic E-state index is 0.342. The molecule has 0 bridgehead atoms. The van der Waals surface area contributed by atoms with E-state index in [9.17, 15) is 0 Å². The highest BCUT2D eigenvalue weighted by atomic mass is 35.5. The van der Waals surface area contributed by atoms with Crippen LogP contribution in [-0.4, -0.2) is 38.7 Å². The van der Waals surface area contributed by atoms with Gasteiger partial charge in [-0.2, -0.15) is 0 Å². The second-order valence-electron chi connectivity index (χ2n) is 5.06. The maximum absolute atomic E-state index is 6.19. The number of nitrogens with zero attached hydrogens (tertiary/aromatic N) is 1. The van der Waals surface area contributed by atoms with Crippen molar-refractivity contribution in [2.24, 2.45) is 0 Å². The summed E-state index contributed by atoms with van der Waals surface area (Å²) in [7, 11) is 5.83. The van der Waals surface area contributed by atoms with Crippen LogP contribution in [0.5, 0.6) is 5.75 Å². The number of halogens is 1. The molecule has 1 aliphatic carbocycles. The van der Waals surface area contributed by atoms with Crippen LogP contribution in [-0.2, 0) is 0 Å². The Kier molecular flexibility index (Phi) is 4.49. The van der Waals surface area contributed by atoms with Crippen LogP contribution in [0.15, 0.2) is 18.2 Å². The lowest BCUT2D eigenvalue weighted by molar-refractivity contribution is 0.288. The Morgan fingerprint density at radius 3 is 2.67 bits per heavy atom. The largest absolute Gasteiger partial charge is 0.495 e. The number of ether oxygens (including phenoxy) is 1. The zero-order valence-electron chi connectivity index (χ0n) is 11.2. The fourth-order valence-electron chi connectivity index (χ4n) is 2.05. The molecular weight excluding hydrogens is 248 g/mol. The average Bonchev–Trinajstić information content (AvgIpc) is 3.13. The van der Waals surface area contributed by atoms with E-state index >= 15 is 0 Å². The van der Waals surface area contributed by atoms with Crippen LogP contribution in [0.1, 0.15) is 24.4 Å². The van der Waals surface area contributed by atoms with E-state index in [1.54, 1.807) is 7.11 Å². The average molecular weight is 269 g/mol. The summed E-state index contributed by atoms with van der Waals surface area (Å²) in [6.45, 7) is 0.959. The Morgan fingerprint density at radius 1 is 1.44 bits per heavy atom. The summed E-state index contributed by atoms with van der Waals surface area (Å²) >= 11 is 6.19. The van der Waals surface area contributed by atoms with Gasteiger partial charge in [-0.25, -0.2) is 0 Å². The van der Waals surface area contributed by atoms with E-state index in [2.05, 4.69) is 30.4 Å². The van der Waals surface area contributed by atoms with Gasteiger partial charge < -0.3 is 15.0 Å². The van der Waals surface area contributed by atoms with Crippen molar-refractivity contribution in [2.75, 3.05) is 27.7 Å². The lowest BCUT2D eigenvalue weighted by atomic mass is 10.1. The molecule has 1 unspecified atom stereocenters. The number of nitrogens with one attached hydrogen (secondary N) is 1. The summed E-state index contributed by atoms with van der Waals surface area (Å²) in [5.74, 6) is 0.730. The fourth-order valence-corrected chi connectivity index (χ4v) is 2.32. The molecule has 1 aromatic rings. The number of benzene rings is 1. The first-order chi connectivity index (χ1) is 8.61. The molecule has 18 heavy (non-hydrogen) atoms. The maximum atomic E-state index is 6.19. The zero-order valence-corrected chi connectivity index (χ0v) is 12.0. The molecule has 1 N–H and O–H groups in total. The molecule has 4 heteroatoms. The van der Waals surface area contributed by atoms with Crippen molar-refractivity contribution >= 4 is 11.6 Å². The van der Waals surface area contributed by atoms with Gasteiger partial charge in [0.1, 0.15) is 5.75 Å². The van der Waals surface area contributed by atoms with Gasteiger partial charge in [0.05, 0.1) is 12.1 Å². The molecule has 0 aromatic heterocycles. The van der Waals surface area contributed by atoms with Crippen LogP contribution in [0.3, 0.4) is 0 Å². The first kappa shape index (κ1) is 13.7. The Hall–Kier alpha value is -0.770. The predicted molar refractivity (Wildman–Crippen MR) is 75.5 cm³/mol. The second-order valence-corrected chi connectivity index (χ2v) is 5.46. The van der Waals surface area contributed by atoms with E-state index in [1.807, 2.05) is 12.1 Å². The van der Waals surface area contributed by atoms with Gasteiger partial charge in [0, 0.05) is 18.6 Å². The van der Waals surface area contributed by atoms with Crippen molar-refractivity contribution in [3.05, 3.63) is 28.8 Å². The van der Waals surface area contributed by atoms with Crippen LogP contribution in [0.25, 0.3) is 0 Å². The maximum Gasteiger partial charge on any atom is 0.137 e. The summed E-state index contributed by atoms with van der Waals surface area (Å²) in [6, 6.07) is 7.09. The van der Waals surface area contributed by atoms with E-state index in [4.69, 9.17) is 16.3 Å². The first-order valence-corrected chi connectivity index (χ1v) is 6.73.